The van der Waals surface area contributed by atoms with Crippen molar-refractivity contribution in [2.45, 2.75) is 79.1 Å². The van der Waals surface area contributed by atoms with Crippen LogP contribution in [-0.4, -0.2) is 19.2 Å². The second-order valence-electron chi connectivity index (χ2n) is 5.81. The quantitative estimate of drug-likeness (QED) is 0.498. The van der Waals surface area contributed by atoms with E-state index in [0.29, 0.717) is 18.4 Å². The number of nitrogens with one attached hydrogen (secondary N) is 1. The molecular weight excluding hydrogens is 309 g/mol. The summed E-state index contributed by atoms with van der Waals surface area (Å²) in [6, 6.07) is 0. The van der Waals surface area contributed by atoms with Crippen LogP contribution >= 0.6 is 0 Å². The smallest absolute Gasteiger partial charge is 0.407 e. The van der Waals surface area contributed by atoms with Gasteiger partial charge >= 0.3 is 6.09 Å². The Morgan fingerprint density at radius 1 is 0.952 bits per heavy atom. The summed E-state index contributed by atoms with van der Waals surface area (Å²) in [6.07, 6.45) is 9.21. The molecule has 1 N–H and O–H groups in total. The number of ether oxygens (including phenoxy) is 1. The van der Waals surface area contributed by atoms with Gasteiger partial charge in [0.1, 0.15) is 0 Å². The van der Waals surface area contributed by atoms with Gasteiger partial charge in [-0.3, -0.25) is 0 Å². The van der Waals surface area contributed by atoms with E-state index in [-0.39, 0.29) is 22.6 Å². The van der Waals surface area contributed by atoms with Crippen molar-refractivity contribution in [1.29, 1.82) is 0 Å². The van der Waals surface area contributed by atoms with Crippen molar-refractivity contribution in [2.24, 2.45) is 11.8 Å². The zero-order chi connectivity index (χ0) is 15.2. The Hall–Kier alpha value is -0.236. The van der Waals surface area contributed by atoms with Gasteiger partial charge in [0.05, 0.1) is 6.61 Å². The van der Waals surface area contributed by atoms with Crippen molar-refractivity contribution in [2.75, 3.05) is 13.2 Å². The summed E-state index contributed by atoms with van der Waals surface area (Å²) >= 11 is 0. The number of carbonyl (C=O) groups excluding carboxylic acids is 1. The van der Waals surface area contributed by atoms with Crippen molar-refractivity contribution < 1.29 is 26.0 Å². The van der Waals surface area contributed by atoms with Crippen LogP contribution < -0.4 is 5.32 Å². The topological polar surface area (TPSA) is 38.3 Å². The van der Waals surface area contributed by atoms with Crippen LogP contribution in [0.2, 0.25) is 0 Å². The fraction of sp³-hybridized carbons (Fsp3) is 0.941. The largest absolute Gasteiger partial charge is 0.449 e. The summed E-state index contributed by atoms with van der Waals surface area (Å²) in [5, 5.41) is 2.92. The third-order valence-electron chi connectivity index (χ3n) is 4.07. The predicted molar refractivity (Wildman–Crippen MR) is 86.0 cm³/mol. The van der Waals surface area contributed by atoms with E-state index in [4.69, 9.17) is 4.74 Å². The van der Waals surface area contributed by atoms with Gasteiger partial charge in [-0.05, 0) is 24.7 Å². The first-order valence-corrected chi connectivity index (χ1v) is 8.58. The molecule has 0 rings (SSSR count). The third-order valence-corrected chi connectivity index (χ3v) is 4.07. The fourth-order valence-corrected chi connectivity index (χ4v) is 2.31. The molecule has 0 fully saturated rings. The zero-order valence-corrected chi connectivity index (χ0v) is 15.3. The maximum Gasteiger partial charge on any atom is 0.407 e. The number of hydrogen-bond acceptors (Lipinski definition) is 2. The molecule has 0 aliphatic rings. The molecule has 0 radical (unpaired) electrons. The van der Waals surface area contributed by atoms with Crippen LogP contribution in [0.5, 0.6) is 0 Å². The number of carbonyl (C=O) groups is 1. The Morgan fingerprint density at radius 3 is 1.95 bits per heavy atom. The molecule has 0 aliphatic heterocycles. The zero-order valence-electron chi connectivity index (χ0n) is 14.4. The first-order chi connectivity index (χ1) is 9.67. The molecule has 0 saturated carbocycles. The molecular formula is C17H35NNiO2. The van der Waals surface area contributed by atoms with Crippen molar-refractivity contribution in [1.82, 2.24) is 5.32 Å². The van der Waals surface area contributed by atoms with Crippen molar-refractivity contribution in [3.05, 3.63) is 0 Å². The second-order valence-corrected chi connectivity index (χ2v) is 5.81. The van der Waals surface area contributed by atoms with Gasteiger partial charge in [-0.1, -0.05) is 66.2 Å². The van der Waals surface area contributed by atoms with E-state index < -0.39 is 0 Å². The average Bonchev–Trinajstić information content (AvgIpc) is 2.47. The van der Waals surface area contributed by atoms with Crippen LogP contribution in [0.3, 0.4) is 0 Å². The number of rotatable bonds is 12. The summed E-state index contributed by atoms with van der Waals surface area (Å²) < 4.78 is 5.34. The van der Waals surface area contributed by atoms with Crippen molar-refractivity contribution in [3.63, 3.8) is 0 Å². The minimum absolute atomic E-state index is 0. The van der Waals surface area contributed by atoms with Crippen LogP contribution in [0, 0.1) is 11.8 Å². The summed E-state index contributed by atoms with van der Waals surface area (Å²) in [4.78, 5) is 11.7. The van der Waals surface area contributed by atoms with Crippen molar-refractivity contribution in [3.8, 4) is 0 Å². The third kappa shape index (κ3) is 13.2. The SMILES string of the molecule is CCCCC(CC)CNC(=O)OCC(CC)CCCC.[Ni]. The number of hydrogen-bond donors (Lipinski definition) is 1. The molecule has 130 valence electrons. The van der Waals surface area contributed by atoms with Gasteiger partial charge in [-0.25, -0.2) is 4.79 Å². The van der Waals surface area contributed by atoms with Gasteiger partial charge in [0.25, 0.3) is 0 Å². The van der Waals surface area contributed by atoms with Gasteiger partial charge in [0.15, 0.2) is 0 Å². The number of alkyl carbamates (subject to hydrolysis) is 1. The minimum atomic E-state index is -0.241. The minimum Gasteiger partial charge on any atom is -0.449 e. The molecule has 2 unspecified atom stereocenters. The monoisotopic (exact) mass is 343 g/mol. The average molecular weight is 344 g/mol. The normalized spacial score (nSPS) is 13.1. The van der Waals surface area contributed by atoms with E-state index >= 15 is 0 Å². The summed E-state index contributed by atoms with van der Waals surface area (Å²) in [5.41, 5.74) is 0. The van der Waals surface area contributed by atoms with Crippen LogP contribution in [-0.2, 0) is 21.2 Å². The molecule has 0 heterocycles. The maximum absolute atomic E-state index is 11.7. The van der Waals surface area contributed by atoms with E-state index in [1.54, 1.807) is 0 Å². The molecule has 21 heavy (non-hydrogen) atoms. The fourth-order valence-electron chi connectivity index (χ4n) is 2.31. The first-order valence-electron chi connectivity index (χ1n) is 8.58. The molecule has 0 aromatic rings. The Bertz CT molecular complexity index is 215. The summed E-state index contributed by atoms with van der Waals surface area (Å²) in [6.45, 7) is 10.1. The Labute approximate surface area is 141 Å². The number of amides is 1. The van der Waals surface area contributed by atoms with Crippen LogP contribution in [0.1, 0.15) is 79.1 Å². The van der Waals surface area contributed by atoms with Crippen LogP contribution in [0.15, 0.2) is 0 Å². The standard InChI is InChI=1S/C17H35NO2.Ni/c1-5-9-11-15(7-3)13-18-17(19)20-14-16(8-4)12-10-6-2;/h15-16H,5-14H2,1-4H3,(H,18,19);. The van der Waals surface area contributed by atoms with Crippen molar-refractivity contribution >= 4 is 6.09 Å². The van der Waals surface area contributed by atoms with Gasteiger partial charge < -0.3 is 10.1 Å². The molecule has 2 atom stereocenters. The summed E-state index contributed by atoms with van der Waals surface area (Å²) in [7, 11) is 0. The van der Waals surface area contributed by atoms with Gasteiger partial charge in [-0.15, -0.1) is 0 Å². The molecule has 1 amide bonds. The van der Waals surface area contributed by atoms with E-state index in [9.17, 15) is 4.79 Å². The van der Waals surface area contributed by atoms with Gasteiger partial charge in [0, 0.05) is 23.0 Å². The molecule has 0 aromatic heterocycles. The van der Waals surface area contributed by atoms with E-state index in [1.165, 1.54) is 32.1 Å². The van der Waals surface area contributed by atoms with Gasteiger partial charge in [0.2, 0.25) is 0 Å². The maximum atomic E-state index is 11.7. The van der Waals surface area contributed by atoms with E-state index in [1.807, 2.05) is 0 Å². The van der Waals surface area contributed by atoms with Gasteiger partial charge in [-0.2, -0.15) is 0 Å². The molecule has 0 spiro atoms. The van der Waals surface area contributed by atoms with E-state index in [2.05, 4.69) is 33.0 Å². The summed E-state index contributed by atoms with van der Waals surface area (Å²) in [5.74, 6) is 1.10. The molecule has 0 aromatic carbocycles. The van der Waals surface area contributed by atoms with Crippen LogP contribution in [0.4, 0.5) is 4.79 Å². The van der Waals surface area contributed by atoms with Crippen LogP contribution in [0.25, 0.3) is 0 Å². The molecule has 0 aliphatic carbocycles. The first kappa shape index (κ1) is 23.0. The Morgan fingerprint density at radius 2 is 1.48 bits per heavy atom. The molecule has 0 bridgehead atoms. The second kappa shape index (κ2) is 16.1. The Balaban J connectivity index is 0. The molecule has 4 heteroatoms. The molecule has 3 nitrogen and oxygen atoms in total. The number of unbranched alkanes of at least 4 members (excludes halogenated alkanes) is 2. The predicted octanol–water partition coefficient (Wildman–Crippen LogP) is 5.14. The molecule has 0 saturated heterocycles. The van der Waals surface area contributed by atoms with E-state index in [0.717, 1.165) is 25.8 Å². The Kier molecular flexibility index (Phi) is 17.7.